The van der Waals surface area contributed by atoms with Crippen molar-refractivity contribution in [2.24, 2.45) is 5.92 Å². The molecule has 0 amide bonds. The summed E-state index contributed by atoms with van der Waals surface area (Å²) in [6.07, 6.45) is 3.86. The zero-order chi connectivity index (χ0) is 11.9. The van der Waals surface area contributed by atoms with Gasteiger partial charge in [-0.05, 0) is 56.0 Å². The fourth-order valence-electron chi connectivity index (χ4n) is 2.19. The molecule has 2 nitrogen and oxygen atoms in total. The molecule has 3 heteroatoms. The lowest BCUT2D eigenvalue weighted by molar-refractivity contribution is 0.103. The molecule has 0 saturated carbocycles. The summed E-state index contributed by atoms with van der Waals surface area (Å²) in [5.41, 5.74) is 1.25. The minimum Gasteiger partial charge on any atom is -0.377 e. The van der Waals surface area contributed by atoms with Crippen LogP contribution in [0.2, 0.25) is 0 Å². The van der Waals surface area contributed by atoms with Gasteiger partial charge in [-0.1, -0.05) is 28.1 Å². The molecule has 1 aromatic carbocycles. The monoisotopic (exact) mass is 297 g/mol. The number of piperidine rings is 1. The zero-order valence-electron chi connectivity index (χ0n) is 10.1. The molecule has 1 aliphatic heterocycles. The van der Waals surface area contributed by atoms with Crippen LogP contribution in [0.1, 0.15) is 24.8 Å². The van der Waals surface area contributed by atoms with Crippen molar-refractivity contribution in [1.82, 2.24) is 5.32 Å². The van der Waals surface area contributed by atoms with Gasteiger partial charge in [-0.3, -0.25) is 0 Å². The number of benzene rings is 1. The van der Waals surface area contributed by atoms with E-state index in [9.17, 15) is 0 Å². The highest BCUT2D eigenvalue weighted by molar-refractivity contribution is 9.10. The molecule has 1 aromatic rings. The smallest absolute Gasteiger partial charge is 0.0716 e. The first-order chi connectivity index (χ1) is 8.34. The number of ether oxygens (including phenoxy) is 1. The molecule has 0 aromatic heterocycles. The van der Waals surface area contributed by atoms with E-state index >= 15 is 0 Å². The summed E-state index contributed by atoms with van der Waals surface area (Å²) < 4.78 is 6.84. The summed E-state index contributed by atoms with van der Waals surface area (Å²) in [6, 6.07) is 8.33. The van der Waals surface area contributed by atoms with Crippen LogP contribution in [-0.4, -0.2) is 19.7 Å². The minimum absolute atomic E-state index is 0.730. The van der Waals surface area contributed by atoms with Gasteiger partial charge in [-0.15, -0.1) is 0 Å². The lowest BCUT2D eigenvalue weighted by Crippen LogP contribution is -2.30. The van der Waals surface area contributed by atoms with Gasteiger partial charge >= 0.3 is 0 Å². The lowest BCUT2D eigenvalue weighted by atomic mass is 9.97. The first-order valence-electron chi connectivity index (χ1n) is 6.37. The van der Waals surface area contributed by atoms with Crippen LogP contribution in [0.15, 0.2) is 28.7 Å². The Bertz CT molecular complexity index is 319. The van der Waals surface area contributed by atoms with Gasteiger partial charge in [0.15, 0.2) is 0 Å². The fraction of sp³-hybridized carbons (Fsp3) is 0.571. The Morgan fingerprint density at radius 2 is 2.12 bits per heavy atom. The lowest BCUT2D eigenvalue weighted by Gasteiger charge is -2.22. The molecule has 1 N–H and O–H groups in total. The topological polar surface area (TPSA) is 21.3 Å². The van der Waals surface area contributed by atoms with Crippen LogP contribution in [0.25, 0.3) is 0 Å². The van der Waals surface area contributed by atoms with Crippen LogP contribution in [0, 0.1) is 5.92 Å². The van der Waals surface area contributed by atoms with Gasteiger partial charge in [0, 0.05) is 11.1 Å². The normalized spacial score (nSPS) is 20.4. The van der Waals surface area contributed by atoms with E-state index in [1.165, 1.54) is 37.9 Å². The molecule has 0 spiro atoms. The van der Waals surface area contributed by atoms with Crippen molar-refractivity contribution in [2.75, 3.05) is 19.7 Å². The third-order valence-electron chi connectivity index (χ3n) is 3.25. The highest BCUT2D eigenvalue weighted by Gasteiger charge is 2.12. The third kappa shape index (κ3) is 4.78. The van der Waals surface area contributed by atoms with E-state index in [1.54, 1.807) is 0 Å². The summed E-state index contributed by atoms with van der Waals surface area (Å²) in [7, 11) is 0. The first kappa shape index (κ1) is 13.1. The van der Waals surface area contributed by atoms with Crippen molar-refractivity contribution < 1.29 is 4.74 Å². The number of nitrogens with one attached hydrogen (secondary N) is 1. The quantitative estimate of drug-likeness (QED) is 0.842. The SMILES string of the molecule is Brc1ccc(COCC[C@@H]2CCCNC2)cc1. The molecule has 1 aliphatic rings. The molecule has 94 valence electrons. The molecule has 1 fully saturated rings. The molecular weight excluding hydrogens is 278 g/mol. The van der Waals surface area contributed by atoms with Crippen LogP contribution < -0.4 is 5.32 Å². The van der Waals surface area contributed by atoms with Crippen LogP contribution in [0.5, 0.6) is 0 Å². The van der Waals surface area contributed by atoms with E-state index in [0.29, 0.717) is 0 Å². The van der Waals surface area contributed by atoms with Gasteiger partial charge in [-0.25, -0.2) is 0 Å². The summed E-state index contributed by atoms with van der Waals surface area (Å²) in [4.78, 5) is 0. The van der Waals surface area contributed by atoms with Crippen LogP contribution in [-0.2, 0) is 11.3 Å². The standard InChI is InChI=1S/C14H20BrNO/c15-14-5-3-13(4-6-14)11-17-9-7-12-2-1-8-16-10-12/h3-6,12,16H,1-2,7-11H2/t12-/m0/s1. The van der Waals surface area contributed by atoms with Gasteiger partial charge in [0.25, 0.3) is 0 Å². The predicted molar refractivity (Wildman–Crippen MR) is 74.0 cm³/mol. The van der Waals surface area contributed by atoms with Gasteiger partial charge in [0.05, 0.1) is 6.61 Å². The Kier molecular flexibility index (Phi) is 5.49. The minimum atomic E-state index is 0.730. The van der Waals surface area contributed by atoms with Crippen LogP contribution in [0.4, 0.5) is 0 Å². The summed E-state index contributed by atoms with van der Waals surface area (Å²) >= 11 is 3.43. The maximum absolute atomic E-state index is 5.72. The highest BCUT2D eigenvalue weighted by Crippen LogP contribution is 2.15. The summed E-state index contributed by atoms with van der Waals surface area (Å²) in [5, 5.41) is 3.44. The van der Waals surface area contributed by atoms with Crippen molar-refractivity contribution in [3.8, 4) is 0 Å². The number of hydrogen-bond acceptors (Lipinski definition) is 2. The second-order valence-corrected chi connectivity index (χ2v) is 5.60. The molecule has 17 heavy (non-hydrogen) atoms. The Morgan fingerprint density at radius 1 is 1.29 bits per heavy atom. The Balaban J connectivity index is 1.60. The summed E-state index contributed by atoms with van der Waals surface area (Å²) in [6.45, 7) is 3.97. The highest BCUT2D eigenvalue weighted by atomic mass is 79.9. The van der Waals surface area contributed by atoms with Gasteiger partial charge in [0.2, 0.25) is 0 Å². The molecule has 1 atom stereocenters. The molecule has 1 saturated heterocycles. The van der Waals surface area contributed by atoms with Gasteiger partial charge < -0.3 is 10.1 Å². The molecule has 0 aliphatic carbocycles. The molecule has 2 rings (SSSR count). The largest absolute Gasteiger partial charge is 0.377 e. The van der Waals surface area contributed by atoms with Crippen LogP contribution >= 0.6 is 15.9 Å². The van der Waals surface area contributed by atoms with E-state index in [-0.39, 0.29) is 0 Å². The second kappa shape index (κ2) is 7.14. The van der Waals surface area contributed by atoms with Crippen molar-refractivity contribution >= 4 is 15.9 Å². The Hall–Kier alpha value is -0.380. The average Bonchev–Trinajstić information content (AvgIpc) is 2.38. The maximum Gasteiger partial charge on any atom is 0.0716 e. The predicted octanol–water partition coefficient (Wildman–Crippen LogP) is 3.36. The Labute approximate surface area is 112 Å². The van der Waals surface area contributed by atoms with E-state index < -0.39 is 0 Å². The summed E-state index contributed by atoms with van der Waals surface area (Å²) in [5.74, 6) is 0.814. The van der Waals surface area contributed by atoms with Crippen molar-refractivity contribution in [1.29, 1.82) is 0 Å². The van der Waals surface area contributed by atoms with E-state index in [1.807, 2.05) is 0 Å². The second-order valence-electron chi connectivity index (χ2n) is 4.68. The average molecular weight is 298 g/mol. The number of hydrogen-bond donors (Lipinski definition) is 1. The third-order valence-corrected chi connectivity index (χ3v) is 3.78. The maximum atomic E-state index is 5.72. The molecule has 0 unspecified atom stereocenters. The molecule has 1 heterocycles. The van der Waals surface area contributed by atoms with Crippen molar-refractivity contribution in [3.05, 3.63) is 34.3 Å². The Morgan fingerprint density at radius 3 is 2.82 bits per heavy atom. The first-order valence-corrected chi connectivity index (χ1v) is 7.17. The fourth-order valence-corrected chi connectivity index (χ4v) is 2.46. The van der Waals surface area contributed by atoms with E-state index in [2.05, 4.69) is 45.5 Å². The van der Waals surface area contributed by atoms with E-state index in [4.69, 9.17) is 4.74 Å². The van der Waals surface area contributed by atoms with Gasteiger partial charge in [-0.2, -0.15) is 0 Å². The van der Waals surface area contributed by atoms with Crippen molar-refractivity contribution in [2.45, 2.75) is 25.9 Å². The zero-order valence-corrected chi connectivity index (χ0v) is 11.7. The van der Waals surface area contributed by atoms with Crippen molar-refractivity contribution in [3.63, 3.8) is 0 Å². The number of rotatable bonds is 5. The molecule has 0 radical (unpaired) electrons. The number of halogens is 1. The van der Waals surface area contributed by atoms with Crippen LogP contribution in [0.3, 0.4) is 0 Å². The van der Waals surface area contributed by atoms with E-state index in [0.717, 1.165) is 23.6 Å². The molecular formula is C14H20BrNO. The van der Waals surface area contributed by atoms with Gasteiger partial charge in [0.1, 0.15) is 0 Å². The molecule has 0 bridgehead atoms.